The quantitative estimate of drug-likeness (QED) is 0.821. The van der Waals surface area contributed by atoms with E-state index in [2.05, 4.69) is 27.1 Å². The molecule has 1 aliphatic rings. The molecule has 1 atom stereocenters. The Hall–Kier alpha value is -1.21. The van der Waals surface area contributed by atoms with Crippen molar-refractivity contribution in [2.75, 3.05) is 19.6 Å². The van der Waals surface area contributed by atoms with Crippen LogP contribution in [0, 0.1) is 5.92 Å². The third-order valence-corrected chi connectivity index (χ3v) is 6.54. The normalized spacial score (nSPS) is 19.4. The maximum absolute atomic E-state index is 12.3. The fourth-order valence-corrected chi connectivity index (χ4v) is 5.14. The van der Waals surface area contributed by atoms with E-state index < -0.39 is 10.0 Å². The highest BCUT2D eigenvalue weighted by molar-refractivity contribution is 7.88. The summed E-state index contributed by atoms with van der Waals surface area (Å²) in [4.78, 5) is 3.81. The highest BCUT2D eigenvalue weighted by Gasteiger charge is 2.22. The Morgan fingerprint density at radius 3 is 2.75 bits per heavy atom. The van der Waals surface area contributed by atoms with Crippen molar-refractivity contribution in [3.8, 4) is 0 Å². The van der Waals surface area contributed by atoms with E-state index in [0.29, 0.717) is 12.5 Å². The van der Waals surface area contributed by atoms with Gasteiger partial charge in [0.25, 0.3) is 0 Å². The van der Waals surface area contributed by atoms with E-state index in [0.717, 1.165) is 38.0 Å². The van der Waals surface area contributed by atoms with E-state index in [1.54, 1.807) is 11.3 Å². The van der Waals surface area contributed by atoms with E-state index in [1.165, 1.54) is 4.88 Å². The molecule has 0 saturated carbocycles. The Morgan fingerprint density at radius 1 is 1.17 bits per heavy atom. The van der Waals surface area contributed by atoms with Crippen molar-refractivity contribution < 1.29 is 8.42 Å². The second-order valence-electron chi connectivity index (χ2n) is 6.42. The number of thiophene rings is 1. The van der Waals surface area contributed by atoms with Gasteiger partial charge in [0.05, 0.1) is 5.75 Å². The third-order valence-electron chi connectivity index (χ3n) is 4.35. The summed E-state index contributed by atoms with van der Waals surface area (Å²) in [5.41, 5.74) is 0.827. The van der Waals surface area contributed by atoms with Gasteiger partial charge < -0.3 is 0 Å². The molecule has 1 aromatic carbocycles. The highest BCUT2D eigenvalue weighted by Crippen LogP contribution is 2.20. The first-order valence-corrected chi connectivity index (χ1v) is 10.9. The van der Waals surface area contributed by atoms with Crippen molar-refractivity contribution in [1.82, 2.24) is 9.62 Å². The van der Waals surface area contributed by atoms with Crippen LogP contribution in [0.5, 0.6) is 0 Å². The SMILES string of the molecule is O=S(=O)(Cc1ccccc1)NC[C@@H]1CCCN(Cc2cccs2)C1. The van der Waals surface area contributed by atoms with Crippen LogP contribution in [0.25, 0.3) is 0 Å². The van der Waals surface area contributed by atoms with E-state index in [1.807, 2.05) is 30.3 Å². The van der Waals surface area contributed by atoms with Crippen LogP contribution in [0.2, 0.25) is 0 Å². The highest BCUT2D eigenvalue weighted by atomic mass is 32.2. The molecule has 2 heterocycles. The van der Waals surface area contributed by atoms with Gasteiger partial charge in [0.2, 0.25) is 10.0 Å². The summed E-state index contributed by atoms with van der Waals surface area (Å²) in [6.45, 7) is 3.58. The molecule has 1 aliphatic heterocycles. The number of benzene rings is 1. The molecule has 0 unspecified atom stereocenters. The Bertz CT molecular complexity index is 715. The lowest BCUT2D eigenvalue weighted by atomic mass is 9.98. The molecule has 0 bridgehead atoms. The van der Waals surface area contributed by atoms with Crippen molar-refractivity contribution in [2.45, 2.75) is 25.1 Å². The molecule has 1 saturated heterocycles. The maximum Gasteiger partial charge on any atom is 0.215 e. The monoisotopic (exact) mass is 364 g/mol. The van der Waals surface area contributed by atoms with Crippen LogP contribution in [0.3, 0.4) is 0 Å². The molecular formula is C18H24N2O2S2. The molecule has 1 aromatic heterocycles. The number of likely N-dealkylation sites (tertiary alicyclic amines) is 1. The first-order valence-electron chi connectivity index (χ1n) is 8.37. The number of hydrogen-bond donors (Lipinski definition) is 1. The average Bonchev–Trinajstić information content (AvgIpc) is 3.07. The van der Waals surface area contributed by atoms with E-state index in [9.17, 15) is 8.42 Å². The summed E-state index contributed by atoms with van der Waals surface area (Å²) < 4.78 is 27.3. The summed E-state index contributed by atoms with van der Waals surface area (Å²) in [6.07, 6.45) is 2.23. The molecule has 24 heavy (non-hydrogen) atoms. The van der Waals surface area contributed by atoms with Gasteiger partial charge in [-0.1, -0.05) is 36.4 Å². The van der Waals surface area contributed by atoms with Gasteiger partial charge in [0.15, 0.2) is 0 Å². The van der Waals surface area contributed by atoms with Gasteiger partial charge in [-0.2, -0.15) is 0 Å². The van der Waals surface area contributed by atoms with Gasteiger partial charge in [-0.25, -0.2) is 13.1 Å². The van der Waals surface area contributed by atoms with Crippen LogP contribution < -0.4 is 4.72 Å². The average molecular weight is 365 g/mol. The lowest BCUT2D eigenvalue weighted by molar-refractivity contribution is 0.170. The van der Waals surface area contributed by atoms with Gasteiger partial charge in [0, 0.05) is 24.5 Å². The van der Waals surface area contributed by atoms with Gasteiger partial charge in [-0.15, -0.1) is 11.3 Å². The van der Waals surface area contributed by atoms with Gasteiger partial charge >= 0.3 is 0 Å². The summed E-state index contributed by atoms with van der Waals surface area (Å²) in [6, 6.07) is 13.6. The molecule has 1 N–H and O–H groups in total. The second kappa shape index (κ2) is 8.25. The van der Waals surface area contributed by atoms with Gasteiger partial charge in [-0.3, -0.25) is 4.90 Å². The zero-order valence-electron chi connectivity index (χ0n) is 13.7. The summed E-state index contributed by atoms with van der Waals surface area (Å²) in [7, 11) is -3.27. The lowest BCUT2D eigenvalue weighted by Crippen LogP contribution is -2.40. The van der Waals surface area contributed by atoms with Crippen LogP contribution >= 0.6 is 11.3 Å². The minimum Gasteiger partial charge on any atom is -0.298 e. The zero-order chi connectivity index (χ0) is 16.8. The van der Waals surface area contributed by atoms with Crippen LogP contribution in [0.1, 0.15) is 23.3 Å². The maximum atomic E-state index is 12.3. The molecule has 0 spiro atoms. The molecule has 130 valence electrons. The Morgan fingerprint density at radius 2 is 2.00 bits per heavy atom. The minimum absolute atomic E-state index is 0.0550. The molecule has 3 rings (SSSR count). The molecule has 0 radical (unpaired) electrons. The molecular weight excluding hydrogens is 340 g/mol. The summed E-state index contributed by atoms with van der Waals surface area (Å²) >= 11 is 1.78. The van der Waals surface area contributed by atoms with Crippen LogP contribution in [0.15, 0.2) is 47.8 Å². The van der Waals surface area contributed by atoms with E-state index in [-0.39, 0.29) is 5.75 Å². The van der Waals surface area contributed by atoms with E-state index >= 15 is 0 Å². The standard InChI is InChI=1S/C18H24N2O2S2/c21-24(22,15-16-6-2-1-3-7-16)19-12-17-8-4-10-20(13-17)14-18-9-5-11-23-18/h1-3,5-7,9,11,17,19H,4,8,10,12-15H2/t17-/m0/s1. The predicted molar refractivity (Wildman–Crippen MR) is 99.4 cm³/mol. The largest absolute Gasteiger partial charge is 0.298 e. The second-order valence-corrected chi connectivity index (χ2v) is 9.25. The molecule has 2 aromatic rings. The van der Waals surface area contributed by atoms with Gasteiger partial charge in [0.1, 0.15) is 0 Å². The zero-order valence-corrected chi connectivity index (χ0v) is 15.4. The molecule has 4 nitrogen and oxygen atoms in total. The molecule has 0 amide bonds. The van der Waals surface area contributed by atoms with E-state index in [4.69, 9.17) is 0 Å². The van der Waals surface area contributed by atoms with Crippen molar-refractivity contribution in [2.24, 2.45) is 5.92 Å². The molecule has 6 heteroatoms. The van der Waals surface area contributed by atoms with Crippen LogP contribution in [0.4, 0.5) is 0 Å². The number of nitrogens with zero attached hydrogens (tertiary/aromatic N) is 1. The number of sulfonamides is 1. The predicted octanol–water partition coefficient (Wildman–Crippen LogP) is 3.08. The fraction of sp³-hybridized carbons (Fsp3) is 0.444. The Kier molecular flexibility index (Phi) is 6.05. The fourth-order valence-electron chi connectivity index (χ4n) is 3.17. The number of rotatable bonds is 7. The first-order chi connectivity index (χ1) is 11.6. The van der Waals surface area contributed by atoms with Crippen molar-refractivity contribution >= 4 is 21.4 Å². The molecule has 1 fully saturated rings. The lowest BCUT2D eigenvalue weighted by Gasteiger charge is -2.32. The Balaban J connectivity index is 1.48. The minimum atomic E-state index is -3.27. The van der Waals surface area contributed by atoms with Gasteiger partial charge in [-0.05, 0) is 42.3 Å². The number of piperidine rings is 1. The van der Waals surface area contributed by atoms with Crippen LogP contribution in [-0.2, 0) is 22.3 Å². The van der Waals surface area contributed by atoms with Crippen LogP contribution in [-0.4, -0.2) is 33.0 Å². The topological polar surface area (TPSA) is 49.4 Å². The number of nitrogens with one attached hydrogen (secondary N) is 1. The summed E-state index contributed by atoms with van der Waals surface area (Å²) in [5, 5.41) is 2.11. The van der Waals surface area contributed by atoms with Crippen molar-refractivity contribution in [3.05, 3.63) is 58.3 Å². The smallest absolute Gasteiger partial charge is 0.215 e. The first kappa shape index (κ1) is 17.6. The third kappa shape index (κ3) is 5.41. The van der Waals surface area contributed by atoms with Crippen molar-refractivity contribution in [1.29, 1.82) is 0 Å². The molecule has 0 aliphatic carbocycles. The van der Waals surface area contributed by atoms with Crippen molar-refractivity contribution in [3.63, 3.8) is 0 Å². The summed E-state index contributed by atoms with van der Waals surface area (Å²) in [5.74, 6) is 0.448. The number of hydrogen-bond acceptors (Lipinski definition) is 4. The Labute approximate surface area is 148 Å².